The summed E-state index contributed by atoms with van der Waals surface area (Å²) >= 11 is 0. The smallest absolute Gasteiger partial charge is 0.349 e. The zero-order chi connectivity index (χ0) is 77.4. The van der Waals surface area contributed by atoms with Crippen LogP contribution in [0.2, 0.25) is 0 Å². The Hall–Kier alpha value is -9.02. The summed E-state index contributed by atoms with van der Waals surface area (Å²) in [5.74, 6) is -0.0795. The van der Waals surface area contributed by atoms with Crippen LogP contribution < -0.4 is 9.64 Å². The maximum Gasteiger partial charge on any atom is 0.349 e. The fourth-order valence-electron chi connectivity index (χ4n) is 16.4. The molecular weight excluding hydrogens is 1350 g/mol. The number of ether oxygens (including phenoxy) is 1. The lowest BCUT2D eigenvalue weighted by Gasteiger charge is -2.29. The minimum absolute atomic E-state index is 0.230. The Bertz CT molecular complexity index is 3950. The van der Waals surface area contributed by atoms with Crippen LogP contribution in [-0.2, 0) is 0 Å². The summed E-state index contributed by atoms with van der Waals surface area (Å²) in [5, 5.41) is 44.0. The van der Waals surface area contributed by atoms with Gasteiger partial charge in [0, 0.05) is 31.4 Å². The maximum atomic E-state index is 14.2. The molecule has 0 bridgehead atoms. The molecule has 0 amide bonds. The lowest BCUT2D eigenvalue weighted by Crippen LogP contribution is -2.20. The van der Waals surface area contributed by atoms with Crippen LogP contribution in [0.4, 0.5) is 23.2 Å². The highest BCUT2D eigenvalue weighted by Crippen LogP contribution is 2.42. The van der Waals surface area contributed by atoms with E-state index in [9.17, 15) is 22.4 Å². The molecule has 0 spiro atoms. The van der Waals surface area contributed by atoms with E-state index < -0.39 is 46.1 Å². The highest BCUT2D eigenvalue weighted by atomic mass is 19.1. The van der Waals surface area contributed by atoms with Crippen molar-refractivity contribution >= 4 is 11.7 Å². The van der Waals surface area contributed by atoms with Gasteiger partial charge in [-0.05, 0) is 251 Å². The molecule has 0 aromatic heterocycles. The van der Waals surface area contributed by atoms with Gasteiger partial charge in [0.1, 0.15) is 46.2 Å². The number of rotatable bonds is 26. The number of nitriles is 5. The van der Waals surface area contributed by atoms with Crippen molar-refractivity contribution in [3.05, 3.63) is 224 Å². The van der Waals surface area contributed by atoms with Gasteiger partial charge in [0.25, 0.3) is 0 Å². The Morgan fingerprint density at radius 1 is 0.361 bits per heavy atom. The molecule has 4 saturated carbocycles. The molecule has 0 N–H and O–H groups in total. The first-order chi connectivity index (χ1) is 52.6. The van der Waals surface area contributed by atoms with Crippen molar-refractivity contribution in [3.8, 4) is 47.2 Å². The zero-order valence-electron chi connectivity index (χ0n) is 65.5. The van der Waals surface area contributed by atoms with Gasteiger partial charge in [-0.25, -0.2) is 22.4 Å². The molecule has 7 aromatic carbocycles. The van der Waals surface area contributed by atoms with Crippen LogP contribution in [0.25, 0.3) is 11.1 Å². The number of unbranched alkanes of at least 4 members (excludes halogenated alkanes) is 8. The van der Waals surface area contributed by atoms with Gasteiger partial charge in [-0.2, -0.15) is 26.3 Å². The first-order valence-electron chi connectivity index (χ1n) is 41.0. The molecule has 572 valence electrons. The number of benzene rings is 7. The summed E-state index contributed by atoms with van der Waals surface area (Å²) < 4.78 is 60.1. The number of esters is 1. The summed E-state index contributed by atoms with van der Waals surface area (Å²) in [6.07, 6.45) is 45.1. The van der Waals surface area contributed by atoms with Crippen LogP contribution in [0, 0.1) is 104 Å². The lowest BCUT2D eigenvalue weighted by molar-refractivity contribution is 0.0723. The van der Waals surface area contributed by atoms with E-state index in [0.29, 0.717) is 18.7 Å². The monoisotopic (exact) mass is 1460 g/mol. The van der Waals surface area contributed by atoms with Gasteiger partial charge in [0.2, 0.25) is 0 Å². The SMILES string of the molecule is CCCC1CCC(c2ccc(C#N)cc2)CC1.CCCCCC1CCC(c2ccc(-c3ccc(C#N)cc3)cc2)CC1.CCCCCC1CCC(c2ccc(C#N)cc2)CC1.CCCCCCCC1CCC(c2ccc(C#N)cc2)CC1.CCCN(C)c1cc(F)c(C(=O)Oc2cc(F)c(C#N)c(F)c2)c(F)c1. The van der Waals surface area contributed by atoms with Crippen molar-refractivity contribution in [1.82, 2.24) is 0 Å². The van der Waals surface area contributed by atoms with Crippen LogP contribution in [-0.4, -0.2) is 19.6 Å². The highest BCUT2D eigenvalue weighted by molar-refractivity contribution is 5.92. The van der Waals surface area contributed by atoms with E-state index in [4.69, 9.17) is 26.3 Å². The predicted molar refractivity (Wildman–Crippen MR) is 431 cm³/mol. The average Bonchev–Trinajstić information content (AvgIpc) is 0.811. The van der Waals surface area contributed by atoms with E-state index in [2.05, 4.69) is 117 Å². The topological polar surface area (TPSA) is 148 Å². The molecule has 4 fully saturated rings. The summed E-state index contributed by atoms with van der Waals surface area (Å²) in [4.78, 5) is 13.6. The second kappa shape index (κ2) is 47.7. The Labute approximate surface area is 645 Å². The standard InChI is InChI=1S/C24H29N.C20H29N.C18H14F4N2O2.C18H25N.C16H21N/c1-2-3-4-5-19-6-10-21(11-7-19)23-14-16-24(17-15-23)22-12-8-20(18-25)9-13-22;1-2-3-4-5-6-7-17-8-12-19(13-9-17)20-14-10-18(16-21)11-15-20;1-3-4-24(2)10-5-15(21)17(16(22)6-10)18(25)26-11-7-13(19)12(9-23)14(20)8-11;1-2-3-4-5-15-6-10-17(11-7-15)18-12-8-16(14-19)9-13-18;1-2-3-13-4-8-15(9-5-13)16-10-6-14(12-17)7-11-16/h8-9,12-17,19,21H,2-7,10-11H2,1H3;10-11,14-15,17,19H,2-9,12-13H2,1H3;5-8H,3-4H2,1-2H3;8-9,12-13,15,17H,2-7,10-11H2,1H3;6-7,10-11,13,15H,2-5,8-9H2,1H3. The van der Waals surface area contributed by atoms with Gasteiger partial charge in [-0.1, -0.05) is 210 Å². The van der Waals surface area contributed by atoms with Crippen LogP contribution in [0.3, 0.4) is 0 Å². The fraction of sp³-hybridized carbons (Fsp3) is 0.500. The van der Waals surface area contributed by atoms with Crippen molar-refractivity contribution in [2.24, 2.45) is 23.7 Å². The Morgan fingerprint density at radius 3 is 0.972 bits per heavy atom. The summed E-state index contributed by atoms with van der Waals surface area (Å²) in [6.45, 7) is 11.6. The predicted octanol–water partition coefficient (Wildman–Crippen LogP) is 27.5. The summed E-state index contributed by atoms with van der Waals surface area (Å²) in [5.41, 5.74) is 9.67. The molecule has 0 saturated heterocycles. The minimum atomic E-state index is -1.45. The fourth-order valence-corrected chi connectivity index (χ4v) is 16.4. The van der Waals surface area contributed by atoms with Gasteiger partial charge in [-0.15, -0.1) is 0 Å². The second-order valence-corrected chi connectivity index (χ2v) is 30.8. The van der Waals surface area contributed by atoms with Gasteiger partial charge >= 0.3 is 5.97 Å². The molecule has 0 unspecified atom stereocenters. The number of anilines is 1. The Morgan fingerprint density at radius 2 is 0.657 bits per heavy atom. The first-order valence-corrected chi connectivity index (χ1v) is 41.0. The molecule has 0 aliphatic heterocycles. The molecule has 11 rings (SSSR count). The van der Waals surface area contributed by atoms with Crippen molar-refractivity contribution < 1.29 is 27.1 Å². The number of carbonyl (C=O) groups excluding carboxylic acids is 1. The van der Waals surface area contributed by atoms with E-state index in [-0.39, 0.29) is 5.69 Å². The minimum Gasteiger partial charge on any atom is -0.423 e. The van der Waals surface area contributed by atoms with Crippen LogP contribution >= 0.6 is 0 Å². The second-order valence-electron chi connectivity index (χ2n) is 30.8. The zero-order valence-corrected chi connectivity index (χ0v) is 65.5. The molecule has 4 aliphatic rings. The van der Waals surface area contributed by atoms with Crippen LogP contribution in [0.5, 0.6) is 5.75 Å². The molecule has 0 radical (unpaired) electrons. The number of nitrogens with zero attached hydrogens (tertiary/aromatic N) is 6. The third-order valence-electron chi connectivity index (χ3n) is 23.1. The van der Waals surface area contributed by atoms with Crippen molar-refractivity contribution in [2.75, 3.05) is 18.5 Å². The number of carbonyl (C=O) groups is 1. The summed E-state index contributed by atoms with van der Waals surface area (Å²) in [7, 11) is 1.64. The van der Waals surface area contributed by atoms with Crippen molar-refractivity contribution in [1.29, 1.82) is 26.3 Å². The first kappa shape index (κ1) is 86.2. The molecule has 0 atom stereocenters. The van der Waals surface area contributed by atoms with E-state index >= 15 is 0 Å². The molecule has 108 heavy (non-hydrogen) atoms. The molecule has 12 heteroatoms. The number of hydrogen-bond donors (Lipinski definition) is 0. The Kier molecular flexibility index (Phi) is 38.1. The summed E-state index contributed by atoms with van der Waals surface area (Å²) in [6, 6.07) is 54.8. The van der Waals surface area contributed by atoms with E-state index in [1.165, 1.54) is 245 Å². The van der Waals surface area contributed by atoms with Crippen molar-refractivity contribution in [2.45, 2.75) is 270 Å². The normalized spacial score (nSPS) is 19.3. The Balaban J connectivity index is 0.000000190. The van der Waals surface area contributed by atoms with Gasteiger partial charge in [-0.3, -0.25) is 0 Å². The van der Waals surface area contributed by atoms with Gasteiger partial charge < -0.3 is 9.64 Å². The van der Waals surface area contributed by atoms with E-state index in [1.54, 1.807) is 11.9 Å². The third kappa shape index (κ3) is 28.2. The molecule has 7 aromatic rings. The highest BCUT2D eigenvalue weighted by Gasteiger charge is 2.28. The largest absolute Gasteiger partial charge is 0.423 e. The lowest BCUT2D eigenvalue weighted by atomic mass is 9.77. The number of halogens is 4. The average molecular weight is 1460 g/mol. The third-order valence-corrected chi connectivity index (χ3v) is 23.1. The van der Waals surface area contributed by atoms with E-state index in [0.717, 1.165) is 88.2 Å². The van der Waals surface area contributed by atoms with Crippen LogP contribution in [0.15, 0.2) is 146 Å². The number of hydrogen-bond acceptors (Lipinski definition) is 8. The van der Waals surface area contributed by atoms with Crippen molar-refractivity contribution in [3.63, 3.8) is 0 Å². The molecular formula is C96H118F4N6O2. The van der Waals surface area contributed by atoms with Gasteiger partial charge in [0.05, 0.1) is 46.5 Å². The molecule has 0 heterocycles. The van der Waals surface area contributed by atoms with Crippen LogP contribution in [0.1, 0.15) is 331 Å². The molecule has 8 nitrogen and oxygen atoms in total. The maximum absolute atomic E-state index is 14.2. The molecule has 4 aliphatic carbocycles. The quantitative estimate of drug-likeness (QED) is 0.0225. The van der Waals surface area contributed by atoms with E-state index in [1.807, 2.05) is 67.6 Å². The van der Waals surface area contributed by atoms with Gasteiger partial charge in [0.15, 0.2) is 0 Å².